The number of aliphatic hydroxyl groups is 2. The predicted molar refractivity (Wildman–Crippen MR) is 118 cm³/mol. The van der Waals surface area contributed by atoms with Gasteiger partial charge in [0.15, 0.2) is 6.23 Å². The SMILES string of the molecule is CC1=CC(O)CN=C1Oc1cc(Oc2ccccc2)cc(OC2NC=C(O)C=C2C)c1. The van der Waals surface area contributed by atoms with Crippen molar-refractivity contribution in [3.8, 4) is 23.0 Å². The normalized spacial score (nSPS) is 20.5. The van der Waals surface area contributed by atoms with Crippen molar-refractivity contribution < 1.29 is 24.4 Å². The molecule has 2 aromatic rings. The molecule has 0 radical (unpaired) electrons. The maximum atomic E-state index is 9.73. The lowest BCUT2D eigenvalue weighted by Crippen LogP contribution is -2.34. The van der Waals surface area contributed by atoms with Crippen LogP contribution in [0, 0.1) is 0 Å². The number of nitrogens with one attached hydrogen (secondary N) is 1. The summed E-state index contributed by atoms with van der Waals surface area (Å²) in [7, 11) is 0. The van der Waals surface area contributed by atoms with Crippen LogP contribution in [0.25, 0.3) is 0 Å². The molecular weight excluding hydrogens is 396 g/mol. The molecule has 0 bridgehead atoms. The first kappa shape index (κ1) is 20.6. The summed E-state index contributed by atoms with van der Waals surface area (Å²) in [5.74, 6) is 2.80. The lowest BCUT2D eigenvalue weighted by atomic mass is 10.1. The quantitative estimate of drug-likeness (QED) is 0.670. The lowest BCUT2D eigenvalue weighted by Gasteiger charge is -2.24. The topological polar surface area (TPSA) is 92.5 Å². The molecule has 2 aliphatic heterocycles. The van der Waals surface area contributed by atoms with Crippen molar-refractivity contribution in [3.63, 3.8) is 0 Å². The van der Waals surface area contributed by atoms with Gasteiger partial charge >= 0.3 is 0 Å². The molecule has 7 heteroatoms. The molecule has 4 rings (SSSR count). The van der Waals surface area contributed by atoms with Crippen LogP contribution in [0.4, 0.5) is 0 Å². The second kappa shape index (κ2) is 8.97. The molecule has 0 aliphatic carbocycles. The van der Waals surface area contributed by atoms with E-state index >= 15 is 0 Å². The summed E-state index contributed by atoms with van der Waals surface area (Å²) in [6.07, 6.45) is 3.78. The van der Waals surface area contributed by atoms with E-state index in [-0.39, 0.29) is 12.3 Å². The largest absolute Gasteiger partial charge is 0.506 e. The second-order valence-electron chi connectivity index (χ2n) is 7.34. The Morgan fingerprint density at radius 2 is 1.68 bits per heavy atom. The van der Waals surface area contributed by atoms with E-state index < -0.39 is 12.3 Å². The van der Waals surface area contributed by atoms with Crippen molar-refractivity contribution in [1.82, 2.24) is 5.32 Å². The summed E-state index contributed by atoms with van der Waals surface area (Å²) in [5.41, 5.74) is 1.57. The van der Waals surface area contributed by atoms with Gasteiger partial charge in [-0.25, -0.2) is 4.99 Å². The van der Waals surface area contributed by atoms with Gasteiger partial charge in [0.2, 0.25) is 5.90 Å². The number of nitrogens with zero attached hydrogens (tertiary/aromatic N) is 1. The van der Waals surface area contributed by atoms with Gasteiger partial charge in [-0.3, -0.25) is 0 Å². The number of aliphatic hydroxyl groups excluding tert-OH is 2. The number of allylic oxidation sites excluding steroid dienone is 1. The van der Waals surface area contributed by atoms with Crippen LogP contribution in [0.3, 0.4) is 0 Å². The first-order valence-corrected chi connectivity index (χ1v) is 9.93. The van der Waals surface area contributed by atoms with Gasteiger partial charge in [0.25, 0.3) is 0 Å². The van der Waals surface area contributed by atoms with Crippen molar-refractivity contribution in [2.24, 2.45) is 4.99 Å². The highest BCUT2D eigenvalue weighted by molar-refractivity contribution is 5.95. The lowest BCUT2D eigenvalue weighted by molar-refractivity contribution is 0.208. The fraction of sp³-hybridized carbons (Fsp3) is 0.208. The minimum atomic E-state index is -0.601. The molecule has 2 atom stereocenters. The molecule has 3 N–H and O–H groups in total. The van der Waals surface area contributed by atoms with Crippen LogP contribution >= 0.6 is 0 Å². The smallest absolute Gasteiger partial charge is 0.217 e. The van der Waals surface area contributed by atoms with E-state index in [0.717, 1.165) is 11.1 Å². The van der Waals surface area contributed by atoms with Crippen molar-refractivity contribution in [1.29, 1.82) is 0 Å². The zero-order valence-corrected chi connectivity index (χ0v) is 17.3. The monoisotopic (exact) mass is 420 g/mol. The van der Waals surface area contributed by atoms with Crippen LogP contribution in [0.2, 0.25) is 0 Å². The van der Waals surface area contributed by atoms with Gasteiger partial charge in [0, 0.05) is 30.0 Å². The van der Waals surface area contributed by atoms with Crippen LogP contribution in [0.1, 0.15) is 13.8 Å². The van der Waals surface area contributed by atoms with Gasteiger partial charge in [0.1, 0.15) is 28.8 Å². The number of dihydropyridines is 2. The van der Waals surface area contributed by atoms with Gasteiger partial charge in [-0.15, -0.1) is 0 Å². The minimum absolute atomic E-state index is 0.141. The van der Waals surface area contributed by atoms with E-state index in [4.69, 9.17) is 14.2 Å². The van der Waals surface area contributed by atoms with Crippen molar-refractivity contribution in [2.45, 2.75) is 26.2 Å². The van der Waals surface area contributed by atoms with Crippen molar-refractivity contribution in [3.05, 3.63) is 83.8 Å². The molecule has 2 aliphatic rings. The third kappa shape index (κ3) is 5.26. The summed E-state index contributed by atoms with van der Waals surface area (Å²) in [5, 5.41) is 22.4. The Morgan fingerprint density at radius 3 is 2.39 bits per heavy atom. The average Bonchev–Trinajstić information content (AvgIpc) is 2.73. The fourth-order valence-corrected chi connectivity index (χ4v) is 3.20. The van der Waals surface area contributed by atoms with Gasteiger partial charge in [0.05, 0.1) is 12.6 Å². The van der Waals surface area contributed by atoms with E-state index in [1.807, 2.05) is 44.2 Å². The summed E-state index contributed by atoms with van der Waals surface area (Å²) in [6.45, 7) is 3.95. The standard InChI is InChI=1S/C24H24N2O5/c1-15-8-17(27)13-25-23(15)30-21-10-20(29-19-6-4-3-5-7-19)11-22(12-21)31-24-16(2)9-18(28)14-26-24/h3-13,18,23,25,27-28H,14H2,1-2H3. The zero-order chi connectivity index (χ0) is 21.8. The Balaban J connectivity index is 1.61. The molecule has 2 unspecified atom stereocenters. The second-order valence-corrected chi connectivity index (χ2v) is 7.34. The number of para-hydroxylation sites is 1. The fourth-order valence-electron chi connectivity index (χ4n) is 3.20. The third-order valence-corrected chi connectivity index (χ3v) is 4.67. The summed E-state index contributed by atoms with van der Waals surface area (Å²) >= 11 is 0. The van der Waals surface area contributed by atoms with Gasteiger partial charge < -0.3 is 29.7 Å². The van der Waals surface area contributed by atoms with Gasteiger partial charge in [-0.2, -0.15) is 0 Å². The Labute approximate surface area is 180 Å². The maximum absolute atomic E-state index is 9.73. The molecule has 0 fully saturated rings. The predicted octanol–water partition coefficient (Wildman–Crippen LogP) is 4.23. The number of ether oxygens (including phenoxy) is 3. The van der Waals surface area contributed by atoms with Crippen LogP contribution in [-0.2, 0) is 0 Å². The maximum Gasteiger partial charge on any atom is 0.217 e. The first-order chi connectivity index (χ1) is 15.0. The summed E-state index contributed by atoms with van der Waals surface area (Å²) in [6, 6.07) is 14.7. The van der Waals surface area contributed by atoms with Crippen LogP contribution in [0.15, 0.2) is 88.8 Å². The van der Waals surface area contributed by atoms with Crippen LogP contribution in [-0.4, -0.2) is 35.0 Å². The Hall–Kier alpha value is -3.71. The molecule has 0 saturated heterocycles. The minimum Gasteiger partial charge on any atom is -0.506 e. The molecule has 31 heavy (non-hydrogen) atoms. The van der Waals surface area contributed by atoms with Gasteiger partial charge in [-0.05, 0) is 43.7 Å². The van der Waals surface area contributed by atoms with E-state index in [2.05, 4.69) is 10.3 Å². The number of hydrogen-bond acceptors (Lipinski definition) is 7. The molecule has 160 valence electrons. The number of aliphatic imine (C=N–C) groups is 1. The Kier molecular flexibility index (Phi) is 5.95. The third-order valence-electron chi connectivity index (χ3n) is 4.67. The Bertz CT molecular complexity index is 1070. The van der Waals surface area contributed by atoms with E-state index in [0.29, 0.717) is 28.9 Å². The molecule has 0 spiro atoms. The number of hydrogen-bond donors (Lipinski definition) is 3. The molecule has 7 nitrogen and oxygen atoms in total. The molecule has 2 heterocycles. The van der Waals surface area contributed by atoms with E-state index in [9.17, 15) is 10.2 Å². The molecule has 0 saturated carbocycles. The highest BCUT2D eigenvalue weighted by Crippen LogP contribution is 2.33. The molecular formula is C24H24N2O5. The van der Waals surface area contributed by atoms with Crippen molar-refractivity contribution in [2.75, 3.05) is 6.54 Å². The highest BCUT2D eigenvalue weighted by Gasteiger charge is 2.19. The number of rotatable bonds is 5. The first-order valence-electron chi connectivity index (χ1n) is 9.93. The number of benzene rings is 2. The van der Waals surface area contributed by atoms with Crippen molar-refractivity contribution >= 4 is 5.90 Å². The zero-order valence-electron chi connectivity index (χ0n) is 17.3. The van der Waals surface area contributed by atoms with Crippen LogP contribution < -0.4 is 19.5 Å². The highest BCUT2D eigenvalue weighted by atomic mass is 16.5. The van der Waals surface area contributed by atoms with E-state index in [1.165, 1.54) is 6.20 Å². The summed E-state index contributed by atoms with van der Waals surface area (Å²) in [4.78, 5) is 4.30. The van der Waals surface area contributed by atoms with Crippen LogP contribution in [0.5, 0.6) is 23.0 Å². The summed E-state index contributed by atoms with van der Waals surface area (Å²) < 4.78 is 18.1. The molecule has 2 aromatic carbocycles. The van der Waals surface area contributed by atoms with Gasteiger partial charge in [-0.1, -0.05) is 18.2 Å². The molecule has 0 aromatic heterocycles. The average molecular weight is 420 g/mol. The molecule has 0 amide bonds. The Morgan fingerprint density at radius 1 is 0.968 bits per heavy atom. The van der Waals surface area contributed by atoms with E-state index in [1.54, 1.807) is 30.4 Å².